The third-order valence-electron chi connectivity index (χ3n) is 3.09. The van der Waals surface area contributed by atoms with Gasteiger partial charge in [0.1, 0.15) is 0 Å². The second-order valence-electron chi connectivity index (χ2n) is 4.58. The maximum atomic E-state index is 12.0. The second-order valence-corrected chi connectivity index (χ2v) is 5.83. The van der Waals surface area contributed by atoms with Crippen molar-refractivity contribution in [3.63, 3.8) is 0 Å². The summed E-state index contributed by atoms with van der Waals surface area (Å²) in [5.74, 6) is 0.0609. The molecule has 106 valence electrons. The SMILES string of the molecule is C[C@@H]1CNCCN1CC(=O)Nc1cccc(I)c1.Cl. The zero-order valence-electron chi connectivity index (χ0n) is 10.9. The van der Waals surface area contributed by atoms with E-state index in [2.05, 4.69) is 45.0 Å². The van der Waals surface area contributed by atoms with Crippen LogP contribution in [0, 0.1) is 3.57 Å². The highest BCUT2D eigenvalue weighted by atomic mass is 127. The summed E-state index contributed by atoms with van der Waals surface area (Å²) in [6.07, 6.45) is 0. The highest BCUT2D eigenvalue weighted by molar-refractivity contribution is 14.1. The van der Waals surface area contributed by atoms with Crippen LogP contribution in [0.4, 0.5) is 5.69 Å². The van der Waals surface area contributed by atoms with Gasteiger partial charge in [0.15, 0.2) is 0 Å². The highest BCUT2D eigenvalue weighted by Crippen LogP contribution is 2.12. The fourth-order valence-corrected chi connectivity index (χ4v) is 2.61. The molecule has 1 fully saturated rings. The number of hydrogen-bond donors (Lipinski definition) is 2. The Morgan fingerprint density at radius 3 is 3.05 bits per heavy atom. The Bertz CT molecular complexity index is 430. The average Bonchev–Trinajstić information content (AvgIpc) is 2.32. The molecule has 4 nitrogen and oxygen atoms in total. The summed E-state index contributed by atoms with van der Waals surface area (Å²) in [4.78, 5) is 14.2. The Kier molecular flexibility index (Phi) is 7.06. The van der Waals surface area contributed by atoms with E-state index in [0.717, 1.165) is 28.9 Å². The number of anilines is 1. The van der Waals surface area contributed by atoms with Crippen LogP contribution in [0.15, 0.2) is 24.3 Å². The maximum absolute atomic E-state index is 12.0. The number of nitrogens with one attached hydrogen (secondary N) is 2. The van der Waals surface area contributed by atoms with Crippen molar-refractivity contribution in [2.24, 2.45) is 0 Å². The van der Waals surface area contributed by atoms with Gasteiger partial charge in [0, 0.05) is 34.9 Å². The van der Waals surface area contributed by atoms with E-state index in [0.29, 0.717) is 12.6 Å². The van der Waals surface area contributed by atoms with Crippen LogP contribution in [0.25, 0.3) is 0 Å². The Morgan fingerprint density at radius 1 is 1.58 bits per heavy atom. The molecule has 1 aromatic carbocycles. The summed E-state index contributed by atoms with van der Waals surface area (Å²) in [6.45, 7) is 5.46. The molecule has 0 spiro atoms. The normalized spacial score (nSPS) is 19.6. The van der Waals surface area contributed by atoms with Crippen LogP contribution in [0.3, 0.4) is 0 Å². The summed E-state index contributed by atoms with van der Waals surface area (Å²) in [7, 11) is 0. The van der Waals surface area contributed by atoms with Crippen molar-refractivity contribution in [2.75, 3.05) is 31.5 Å². The number of benzene rings is 1. The molecule has 2 N–H and O–H groups in total. The molecule has 1 atom stereocenters. The predicted octanol–water partition coefficient (Wildman–Crippen LogP) is 1.95. The van der Waals surface area contributed by atoms with E-state index in [4.69, 9.17) is 0 Å². The van der Waals surface area contributed by atoms with E-state index in [-0.39, 0.29) is 18.3 Å². The summed E-state index contributed by atoms with van der Waals surface area (Å²) < 4.78 is 1.13. The predicted molar refractivity (Wildman–Crippen MR) is 88.9 cm³/mol. The van der Waals surface area contributed by atoms with Gasteiger partial charge in [-0.1, -0.05) is 6.07 Å². The first-order valence-corrected chi connectivity index (χ1v) is 7.23. The van der Waals surface area contributed by atoms with Crippen LogP contribution in [-0.2, 0) is 4.79 Å². The van der Waals surface area contributed by atoms with Crippen LogP contribution in [0.1, 0.15) is 6.92 Å². The summed E-state index contributed by atoms with van der Waals surface area (Å²) in [5.41, 5.74) is 0.870. The molecule has 1 aliphatic rings. The number of amides is 1. The maximum Gasteiger partial charge on any atom is 0.238 e. The second kappa shape index (κ2) is 8.04. The van der Waals surface area contributed by atoms with Crippen molar-refractivity contribution in [3.05, 3.63) is 27.8 Å². The molecule has 6 heteroatoms. The Morgan fingerprint density at radius 2 is 2.37 bits per heavy atom. The molecule has 0 unspecified atom stereocenters. The van der Waals surface area contributed by atoms with Gasteiger partial charge in [0.05, 0.1) is 6.54 Å². The first kappa shape index (κ1) is 16.7. The largest absolute Gasteiger partial charge is 0.325 e. The first-order chi connectivity index (χ1) is 8.65. The molecule has 0 bridgehead atoms. The number of hydrogen-bond acceptors (Lipinski definition) is 3. The molecule has 0 aromatic heterocycles. The van der Waals surface area contributed by atoms with Crippen molar-refractivity contribution >= 4 is 46.6 Å². The monoisotopic (exact) mass is 395 g/mol. The summed E-state index contributed by atoms with van der Waals surface area (Å²) in [6, 6.07) is 8.26. The van der Waals surface area contributed by atoms with Gasteiger partial charge in [0.25, 0.3) is 0 Å². The van der Waals surface area contributed by atoms with Gasteiger partial charge in [-0.05, 0) is 47.7 Å². The molecule has 2 rings (SSSR count). The molecule has 1 saturated heterocycles. The lowest BCUT2D eigenvalue weighted by atomic mass is 10.2. The van der Waals surface area contributed by atoms with Crippen molar-refractivity contribution in [3.8, 4) is 0 Å². The fraction of sp³-hybridized carbons (Fsp3) is 0.462. The van der Waals surface area contributed by atoms with Crippen molar-refractivity contribution in [1.29, 1.82) is 0 Å². The fourth-order valence-electron chi connectivity index (χ4n) is 2.07. The molecule has 0 saturated carbocycles. The third kappa shape index (κ3) is 5.25. The van der Waals surface area contributed by atoms with Gasteiger partial charge in [-0.15, -0.1) is 12.4 Å². The van der Waals surface area contributed by atoms with Gasteiger partial charge in [-0.2, -0.15) is 0 Å². The lowest BCUT2D eigenvalue weighted by molar-refractivity contribution is -0.118. The molecule has 19 heavy (non-hydrogen) atoms. The van der Waals surface area contributed by atoms with Crippen molar-refractivity contribution < 1.29 is 4.79 Å². The van der Waals surface area contributed by atoms with Crippen molar-refractivity contribution in [1.82, 2.24) is 10.2 Å². The Labute approximate surface area is 133 Å². The van der Waals surface area contributed by atoms with E-state index in [1.807, 2.05) is 24.3 Å². The minimum absolute atomic E-state index is 0. The summed E-state index contributed by atoms with van der Waals surface area (Å²) in [5, 5.41) is 6.27. The zero-order valence-corrected chi connectivity index (χ0v) is 13.8. The molecule has 0 radical (unpaired) electrons. The van der Waals surface area contributed by atoms with Gasteiger partial charge < -0.3 is 10.6 Å². The van der Waals surface area contributed by atoms with E-state index in [9.17, 15) is 4.79 Å². The number of piperazine rings is 1. The van der Waals surface area contributed by atoms with Crippen LogP contribution in [0.2, 0.25) is 0 Å². The standard InChI is InChI=1S/C13H18IN3O.ClH/c1-10-8-15-5-6-17(10)9-13(18)16-12-4-2-3-11(14)7-12;/h2-4,7,10,15H,5-6,8-9H2,1H3,(H,16,18);1H/t10-;/m1./s1. The number of nitrogens with zero attached hydrogens (tertiary/aromatic N) is 1. The van der Waals surface area contributed by atoms with E-state index >= 15 is 0 Å². The number of rotatable bonds is 3. The third-order valence-corrected chi connectivity index (χ3v) is 3.76. The zero-order chi connectivity index (χ0) is 13.0. The van der Waals surface area contributed by atoms with Gasteiger partial charge in [-0.3, -0.25) is 9.69 Å². The number of carbonyl (C=O) groups is 1. The van der Waals surface area contributed by atoms with E-state index in [1.165, 1.54) is 0 Å². The lowest BCUT2D eigenvalue weighted by Gasteiger charge is -2.33. The topological polar surface area (TPSA) is 44.4 Å². The minimum Gasteiger partial charge on any atom is -0.325 e. The molecule has 1 aromatic rings. The van der Waals surface area contributed by atoms with Crippen LogP contribution >= 0.6 is 35.0 Å². The van der Waals surface area contributed by atoms with Gasteiger partial charge in [0.2, 0.25) is 5.91 Å². The first-order valence-electron chi connectivity index (χ1n) is 6.15. The van der Waals surface area contributed by atoms with Crippen LogP contribution in [-0.4, -0.2) is 43.0 Å². The highest BCUT2D eigenvalue weighted by Gasteiger charge is 2.20. The molecular formula is C13H19ClIN3O. The van der Waals surface area contributed by atoms with Crippen LogP contribution in [0.5, 0.6) is 0 Å². The molecule has 1 aliphatic heterocycles. The summed E-state index contributed by atoms with van der Waals surface area (Å²) >= 11 is 2.24. The van der Waals surface area contributed by atoms with Crippen molar-refractivity contribution in [2.45, 2.75) is 13.0 Å². The molecular weight excluding hydrogens is 377 g/mol. The Hall–Kier alpha value is -0.370. The lowest BCUT2D eigenvalue weighted by Crippen LogP contribution is -2.51. The number of carbonyl (C=O) groups excluding carboxylic acids is 1. The molecule has 0 aliphatic carbocycles. The minimum atomic E-state index is 0. The molecule has 1 amide bonds. The quantitative estimate of drug-likeness (QED) is 0.769. The Balaban J connectivity index is 0.00000180. The smallest absolute Gasteiger partial charge is 0.238 e. The molecule has 1 heterocycles. The van der Waals surface area contributed by atoms with E-state index < -0.39 is 0 Å². The van der Waals surface area contributed by atoms with Crippen LogP contribution < -0.4 is 10.6 Å². The van der Waals surface area contributed by atoms with Gasteiger partial charge >= 0.3 is 0 Å². The average molecular weight is 396 g/mol. The number of halogens is 2. The van der Waals surface area contributed by atoms with E-state index in [1.54, 1.807) is 0 Å². The van der Waals surface area contributed by atoms with Gasteiger partial charge in [-0.25, -0.2) is 0 Å².